The van der Waals surface area contributed by atoms with Crippen molar-refractivity contribution in [3.63, 3.8) is 0 Å². The summed E-state index contributed by atoms with van der Waals surface area (Å²) in [4.78, 5) is 24.4. The van der Waals surface area contributed by atoms with Crippen LogP contribution in [0, 0.1) is 6.92 Å². The Balaban J connectivity index is 2.04. The molecule has 1 N–H and O–H groups in total. The van der Waals surface area contributed by atoms with Gasteiger partial charge in [-0.15, -0.1) is 0 Å². The van der Waals surface area contributed by atoms with E-state index in [1.165, 1.54) is 6.33 Å². The first-order valence-corrected chi connectivity index (χ1v) is 7.27. The third-order valence-corrected chi connectivity index (χ3v) is 3.50. The fourth-order valence-electron chi connectivity index (χ4n) is 2.38. The van der Waals surface area contributed by atoms with Gasteiger partial charge in [0.1, 0.15) is 12.1 Å². The third kappa shape index (κ3) is 3.81. The van der Waals surface area contributed by atoms with Crippen molar-refractivity contribution in [2.75, 3.05) is 51.3 Å². The van der Waals surface area contributed by atoms with Crippen molar-refractivity contribution in [3.8, 4) is 5.88 Å². The minimum absolute atomic E-state index is 0.120. The van der Waals surface area contributed by atoms with E-state index in [4.69, 9.17) is 4.74 Å². The quantitative estimate of drug-likeness (QED) is 0.827. The summed E-state index contributed by atoms with van der Waals surface area (Å²) in [5.74, 6) is 1.43. The molecule has 2 heterocycles. The van der Waals surface area contributed by atoms with Crippen LogP contribution in [-0.2, 0) is 4.79 Å². The Morgan fingerprint density at radius 1 is 1.43 bits per heavy atom. The van der Waals surface area contributed by atoms with Gasteiger partial charge in [-0.3, -0.25) is 4.79 Å². The van der Waals surface area contributed by atoms with Crippen LogP contribution in [0.1, 0.15) is 12.5 Å². The molecule has 1 amide bonds. The van der Waals surface area contributed by atoms with Gasteiger partial charge in [0.25, 0.3) is 0 Å². The van der Waals surface area contributed by atoms with E-state index in [1.54, 1.807) is 0 Å². The second-order valence-corrected chi connectivity index (χ2v) is 5.05. The molecule has 0 saturated carbocycles. The summed E-state index contributed by atoms with van der Waals surface area (Å²) < 4.78 is 5.47. The van der Waals surface area contributed by atoms with Gasteiger partial charge < -0.3 is 19.9 Å². The zero-order valence-electron chi connectivity index (χ0n) is 12.9. The molecule has 0 atom stereocenters. The number of carbonyl (C=O) groups is 1. The Morgan fingerprint density at radius 2 is 2.14 bits per heavy atom. The number of nitrogens with zero attached hydrogens (tertiary/aromatic N) is 4. The Hall–Kier alpha value is -1.89. The highest BCUT2D eigenvalue weighted by Gasteiger charge is 2.20. The number of likely N-dealkylation sites (N-methyl/N-ethyl adjacent to an activating group) is 1. The topological polar surface area (TPSA) is 70.6 Å². The fourth-order valence-corrected chi connectivity index (χ4v) is 2.38. The van der Waals surface area contributed by atoms with E-state index in [0.29, 0.717) is 19.0 Å². The molecule has 2 rings (SSSR count). The Labute approximate surface area is 125 Å². The molecular weight excluding hydrogens is 270 g/mol. The lowest BCUT2D eigenvalue weighted by Crippen LogP contribution is -2.49. The fraction of sp³-hybridized carbons (Fsp3) is 0.643. The van der Waals surface area contributed by atoms with Crippen LogP contribution in [0.5, 0.6) is 5.88 Å². The van der Waals surface area contributed by atoms with Crippen LogP contribution >= 0.6 is 0 Å². The zero-order valence-corrected chi connectivity index (χ0v) is 12.9. The lowest BCUT2D eigenvalue weighted by atomic mass is 10.3. The number of hydrogen-bond donors (Lipinski definition) is 1. The van der Waals surface area contributed by atoms with Crippen molar-refractivity contribution < 1.29 is 9.53 Å². The van der Waals surface area contributed by atoms with Gasteiger partial charge in [0.15, 0.2) is 0 Å². The highest BCUT2D eigenvalue weighted by Crippen LogP contribution is 2.22. The molecule has 7 heteroatoms. The molecule has 116 valence electrons. The van der Waals surface area contributed by atoms with Crippen LogP contribution in [0.15, 0.2) is 6.33 Å². The van der Waals surface area contributed by atoms with Crippen LogP contribution in [-0.4, -0.2) is 67.2 Å². The SMILES string of the molecule is CCOc1ncnc(N(C)CC(=O)N2CCNCC2)c1C. The van der Waals surface area contributed by atoms with E-state index < -0.39 is 0 Å². The molecule has 0 aromatic carbocycles. The van der Waals surface area contributed by atoms with E-state index in [0.717, 1.165) is 37.6 Å². The number of aromatic nitrogens is 2. The molecule has 1 saturated heterocycles. The number of hydrogen-bond acceptors (Lipinski definition) is 6. The van der Waals surface area contributed by atoms with Crippen molar-refractivity contribution in [2.24, 2.45) is 0 Å². The first-order chi connectivity index (χ1) is 10.1. The molecule has 0 bridgehead atoms. The maximum atomic E-state index is 12.3. The zero-order chi connectivity index (χ0) is 15.2. The number of rotatable bonds is 5. The molecule has 1 fully saturated rings. The highest BCUT2D eigenvalue weighted by molar-refractivity contribution is 5.81. The molecule has 1 aliphatic rings. The lowest BCUT2D eigenvalue weighted by Gasteiger charge is -2.29. The summed E-state index contributed by atoms with van der Waals surface area (Å²) in [7, 11) is 1.87. The van der Waals surface area contributed by atoms with E-state index in [1.807, 2.05) is 30.7 Å². The lowest BCUT2D eigenvalue weighted by molar-refractivity contribution is -0.130. The second kappa shape index (κ2) is 7.21. The van der Waals surface area contributed by atoms with Crippen molar-refractivity contribution in [1.29, 1.82) is 0 Å². The normalized spacial score (nSPS) is 14.9. The van der Waals surface area contributed by atoms with Gasteiger partial charge in [0.2, 0.25) is 11.8 Å². The highest BCUT2D eigenvalue weighted by atomic mass is 16.5. The summed E-state index contributed by atoms with van der Waals surface area (Å²) in [6.07, 6.45) is 1.47. The summed E-state index contributed by atoms with van der Waals surface area (Å²) in [6.45, 7) is 7.93. The van der Waals surface area contributed by atoms with Crippen LogP contribution in [0.4, 0.5) is 5.82 Å². The van der Waals surface area contributed by atoms with E-state index in [2.05, 4.69) is 15.3 Å². The van der Waals surface area contributed by atoms with Crippen molar-refractivity contribution >= 4 is 11.7 Å². The Kier molecular flexibility index (Phi) is 5.32. The molecule has 1 aromatic heterocycles. The number of nitrogens with one attached hydrogen (secondary N) is 1. The van der Waals surface area contributed by atoms with Gasteiger partial charge >= 0.3 is 0 Å². The largest absolute Gasteiger partial charge is 0.478 e. The molecule has 1 aliphatic heterocycles. The monoisotopic (exact) mass is 293 g/mol. The maximum absolute atomic E-state index is 12.3. The number of amides is 1. The van der Waals surface area contributed by atoms with E-state index in [9.17, 15) is 4.79 Å². The first kappa shape index (κ1) is 15.5. The van der Waals surface area contributed by atoms with Crippen LogP contribution < -0.4 is 15.0 Å². The van der Waals surface area contributed by atoms with Gasteiger partial charge in [0, 0.05) is 33.2 Å². The standard InChI is InChI=1S/C14H23N5O2/c1-4-21-14-11(2)13(16-10-17-14)18(3)9-12(20)19-7-5-15-6-8-19/h10,15H,4-9H2,1-3H3. The van der Waals surface area contributed by atoms with Crippen molar-refractivity contribution in [2.45, 2.75) is 13.8 Å². The molecular formula is C14H23N5O2. The molecule has 0 unspecified atom stereocenters. The van der Waals surface area contributed by atoms with Gasteiger partial charge in [-0.1, -0.05) is 0 Å². The predicted molar refractivity (Wildman–Crippen MR) is 80.7 cm³/mol. The average molecular weight is 293 g/mol. The number of carbonyl (C=O) groups excluding carboxylic acids is 1. The van der Waals surface area contributed by atoms with Gasteiger partial charge in [-0.25, -0.2) is 9.97 Å². The van der Waals surface area contributed by atoms with Crippen LogP contribution in [0.25, 0.3) is 0 Å². The first-order valence-electron chi connectivity index (χ1n) is 7.27. The average Bonchev–Trinajstić information content (AvgIpc) is 2.50. The van der Waals surface area contributed by atoms with Crippen molar-refractivity contribution in [3.05, 3.63) is 11.9 Å². The molecule has 1 aromatic rings. The van der Waals surface area contributed by atoms with Crippen molar-refractivity contribution in [1.82, 2.24) is 20.2 Å². The van der Waals surface area contributed by atoms with E-state index >= 15 is 0 Å². The maximum Gasteiger partial charge on any atom is 0.242 e. The number of piperazine rings is 1. The summed E-state index contributed by atoms with van der Waals surface area (Å²) in [6, 6.07) is 0. The van der Waals surface area contributed by atoms with Crippen LogP contribution in [0.3, 0.4) is 0 Å². The smallest absolute Gasteiger partial charge is 0.242 e. The number of anilines is 1. The second-order valence-electron chi connectivity index (χ2n) is 5.05. The van der Waals surface area contributed by atoms with Gasteiger partial charge in [0.05, 0.1) is 18.7 Å². The van der Waals surface area contributed by atoms with Crippen LogP contribution in [0.2, 0.25) is 0 Å². The van der Waals surface area contributed by atoms with Gasteiger partial charge in [-0.2, -0.15) is 0 Å². The number of ether oxygens (including phenoxy) is 1. The Morgan fingerprint density at radius 3 is 2.81 bits per heavy atom. The molecule has 7 nitrogen and oxygen atoms in total. The predicted octanol–water partition coefficient (Wildman–Crippen LogP) is 0.0517. The van der Waals surface area contributed by atoms with E-state index in [-0.39, 0.29) is 5.91 Å². The minimum Gasteiger partial charge on any atom is -0.478 e. The Bertz CT molecular complexity index is 488. The molecule has 0 spiro atoms. The summed E-state index contributed by atoms with van der Waals surface area (Å²) in [5.41, 5.74) is 0.856. The minimum atomic E-state index is 0.120. The summed E-state index contributed by atoms with van der Waals surface area (Å²) in [5, 5.41) is 3.24. The molecule has 0 aliphatic carbocycles. The third-order valence-electron chi connectivity index (χ3n) is 3.50. The molecule has 21 heavy (non-hydrogen) atoms. The van der Waals surface area contributed by atoms with Gasteiger partial charge in [-0.05, 0) is 13.8 Å². The summed E-state index contributed by atoms with van der Waals surface area (Å²) >= 11 is 0. The molecule has 0 radical (unpaired) electrons.